The molecule has 0 heterocycles. The van der Waals surface area contributed by atoms with Crippen LogP contribution < -0.4 is 16.4 Å². The minimum absolute atomic E-state index is 0.117. The highest BCUT2D eigenvalue weighted by Gasteiger charge is 2.17. The number of rotatable bonds is 6. The van der Waals surface area contributed by atoms with Gasteiger partial charge < -0.3 is 16.4 Å². The van der Waals surface area contributed by atoms with Crippen molar-refractivity contribution in [2.45, 2.75) is 19.0 Å². The van der Waals surface area contributed by atoms with Gasteiger partial charge in [-0.1, -0.05) is 58.4 Å². The molecule has 0 saturated heterocycles. The van der Waals surface area contributed by atoms with Crippen molar-refractivity contribution in [2.24, 2.45) is 5.73 Å². The van der Waals surface area contributed by atoms with Crippen LogP contribution in [0, 0.1) is 0 Å². The molecule has 0 aliphatic carbocycles. The van der Waals surface area contributed by atoms with Gasteiger partial charge >= 0.3 is 6.03 Å². The monoisotopic (exact) mass is 375 g/mol. The van der Waals surface area contributed by atoms with Gasteiger partial charge in [0.25, 0.3) is 0 Å². The average Bonchev–Trinajstić information content (AvgIpc) is 2.53. The smallest absolute Gasteiger partial charge is 0.312 e. The number of urea groups is 1. The summed E-state index contributed by atoms with van der Waals surface area (Å²) >= 11 is 3.38. The number of nitrogens with two attached hydrogens (primary N) is 1. The number of hydrogen-bond acceptors (Lipinski definition) is 2. The molecule has 6 heteroatoms. The highest BCUT2D eigenvalue weighted by Crippen LogP contribution is 2.21. The van der Waals surface area contributed by atoms with Crippen LogP contribution in [-0.4, -0.2) is 11.9 Å². The summed E-state index contributed by atoms with van der Waals surface area (Å²) in [4.78, 5) is 23.3. The first-order chi connectivity index (χ1) is 11.0. The SMILES string of the molecule is NC(=O)NC(CC(=O)NCc1ccccc1)c1cccc(Br)c1. The predicted molar refractivity (Wildman–Crippen MR) is 92.5 cm³/mol. The first-order valence-electron chi connectivity index (χ1n) is 7.16. The summed E-state index contributed by atoms with van der Waals surface area (Å²) in [6, 6.07) is 15.9. The Balaban J connectivity index is 1.99. The standard InChI is InChI=1S/C17H18BrN3O2/c18-14-8-4-7-13(9-14)15(21-17(19)23)10-16(22)20-11-12-5-2-1-3-6-12/h1-9,15H,10-11H2,(H,20,22)(H3,19,21,23). The van der Waals surface area contributed by atoms with Crippen molar-refractivity contribution >= 4 is 27.9 Å². The number of carbonyl (C=O) groups is 2. The Kier molecular flexibility index (Phi) is 6.17. The molecule has 3 amide bonds. The lowest BCUT2D eigenvalue weighted by molar-refractivity contribution is -0.121. The van der Waals surface area contributed by atoms with E-state index in [1.165, 1.54) is 0 Å². The van der Waals surface area contributed by atoms with Crippen LogP contribution in [0.15, 0.2) is 59.1 Å². The third-order valence-corrected chi connectivity index (χ3v) is 3.78. The van der Waals surface area contributed by atoms with E-state index in [2.05, 4.69) is 26.6 Å². The summed E-state index contributed by atoms with van der Waals surface area (Å²) in [5, 5.41) is 5.45. The lowest BCUT2D eigenvalue weighted by Crippen LogP contribution is -2.36. The third-order valence-electron chi connectivity index (χ3n) is 3.29. The van der Waals surface area contributed by atoms with Crippen LogP contribution in [0.25, 0.3) is 0 Å². The van der Waals surface area contributed by atoms with E-state index in [0.717, 1.165) is 15.6 Å². The van der Waals surface area contributed by atoms with Crippen molar-refractivity contribution in [3.8, 4) is 0 Å². The largest absolute Gasteiger partial charge is 0.352 e. The molecule has 0 radical (unpaired) electrons. The molecule has 2 rings (SSSR count). The molecule has 23 heavy (non-hydrogen) atoms. The Morgan fingerprint density at radius 3 is 2.48 bits per heavy atom. The van der Waals surface area contributed by atoms with Crippen molar-refractivity contribution < 1.29 is 9.59 Å². The molecule has 1 atom stereocenters. The molecule has 2 aromatic rings. The predicted octanol–water partition coefficient (Wildman–Crippen LogP) is 2.87. The van der Waals surface area contributed by atoms with Crippen LogP contribution in [0.5, 0.6) is 0 Å². The molecule has 5 nitrogen and oxygen atoms in total. The second-order valence-corrected chi connectivity index (χ2v) is 6.00. The number of nitrogens with one attached hydrogen (secondary N) is 2. The summed E-state index contributed by atoms with van der Waals surface area (Å²) in [6.07, 6.45) is 0.117. The van der Waals surface area contributed by atoms with Gasteiger partial charge in [-0.05, 0) is 23.3 Å². The van der Waals surface area contributed by atoms with Crippen molar-refractivity contribution in [1.82, 2.24) is 10.6 Å². The molecular weight excluding hydrogens is 358 g/mol. The Labute approximate surface area is 143 Å². The molecule has 0 saturated carbocycles. The van der Waals surface area contributed by atoms with E-state index in [-0.39, 0.29) is 12.3 Å². The molecule has 4 N–H and O–H groups in total. The molecule has 0 aromatic heterocycles. The molecule has 0 spiro atoms. The van der Waals surface area contributed by atoms with E-state index in [0.29, 0.717) is 6.54 Å². The number of halogens is 1. The zero-order valence-electron chi connectivity index (χ0n) is 12.5. The Bertz CT molecular complexity index is 677. The molecule has 0 aliphatic heterocycles. The molecule has 1 unspecified atom stereocenters. The van der Waals surface area contributed by atoms with Gasteiger partial charge in [0.1, 0.15) is 0 Å². The zero-order valence-corrected chi connectivity index (χ0v) is 14.0. The number of benzene rings is 2. The van der Waals surface area contributed by atoms with Gasteiger partial charge in [-0.15, -0.1) is 0 Å². The molecule has 0 fully saturated rings. The lowest BCUT2D eigenvalue weighted by Gasteiger charge is -2.18. The van der Waals surface area contributed by atoms with Crippen LogP contribution in [0.1, 0.15) is 23.6 Å². The van der Waals surface area contributed by atoms with E-state index in [4.69, 9.17) is 5.73 Å². The maximum absolute atomic E-state index is 12.2. The Hall–Kier alpha value is -2.34. The fourth-order valence-corrected chi connectivity index (χ4v) is 2.62. The van der Waals surface area contributed by atoms with Crippen LogP contribution >= 0.6 is 15.9 Å². The van der Waals surface area contributed by atoms with Gasteiger partial charge in [0.05, 0.1) is 12.5 Å². The molecule has 0 bridgehead atoms. The molecular formula is C17H18BrN3O2. The maximum Gasteiger partial charge on any atom is 0.312 e. The summed E-state index contributed by atoms with van der Waals surface area (Å²) in [7, 11) is 0. The van der Waals surface area contributed by atoms with Crippen LogP contribution in [0.4, 0.5) is 4.79 Å². The minimum atomic E-state index is -0.661. The highest BCUT2D eigenvalue weighted by atomic mass is 79.9. The van der Waals surface area contributed by atoms with Gasteiger partial charge in [0, 0.05) is 11.0 Å². The van der Waals surface area contributed by atoms with E-state index >= 15 is 0 Å². The van der Waals surface area contributed by atoms with Crippen molar-refractivity contribution in [3.05, 3.63) is 70.2 Å². The average molecular weight is 376 g/mol. The van der Waals surface area contributed by atoms with Gasteiger partial charge in [0.2, 0.25) is 5.91 Å². The van der Waals surface area contributed by atoms with E-state index in [9.17, 15) is 9.59 Å². The topological polar surface area (TPSA) is 84.2 Å². The first-order valence-corrected chi connectivity index (χ1v) is 7.96. The zero-order chi connectivity index (χ0) is 16.7. The number of primary amides is 1. The number of amides is 3. The highest BCUT2D eigenvalue weighted by molar-refractivity contribution is 9.10. The second-order valence-electron chi connectivity index (χ2n) is 5.08. The summed E-state index contributed by atoms with van der Waals surface area (Å²) in [5.74, 6) is -0.160. The van der Waals surface area contributed by atoms with E-state index in [1.54, 1.807) is 0 Å². The summed E-state index contributed by atoms with van der Waals surface area (Å²) in [6.45, 7) is 0.446. The van der Waals surface area contributed by atoms with Gasteiger partial charge in [-0.3, -0.25) is 4.79 Å². The first kappa shape index (κ1) is 17.0. The van der Waals surface area contributed by atoms with Crippen LogP contribution in [0.3, 0.4) is 0 Å². The molecule has 120 valence electrons. The maximum atomic E-state index is 12.2. The van der Waals surface area contributed by atoms with Gasteiger partial charge in [-0.2, -0.15) is 0 Å². The molecule has 0 aliphatic rings. The molecule has 2 aromatic carbocycles. The van der Waals surface area contributed by atoms with Crippen LogP contribution in [0.2, 0.25) is 0 Å². The number of carbonyl (C=O) groups excluding carboxylic acids is 2. The Morgan fingerprint density at radius 2 is 1.83 bits per heavy atom. The van der Waals surface area contributed by atoms with E-state index < -0.39 is 12.1 Å². The van der Waals surface area contributed by atoms with Crippen molar-refractivity contribution in [1.29, 1.82) is 0 Å². The van der Waals surface area contributed by atoms with E-state index in [1.807, 2.05) is 54.6 Å². The van der Waals surface area contributed by atoms with Crippen molar-refractivity contribution in [3.63, 3.8) is 0 Å². The summed E-state index contributed by atoms with van der Waals surface area (Å²) < 4.78 is 0.871. The quantitative estimate of drug-likeness (QED) is 0.724. The third kappa shape index (κ3) is 5.75. The fourth-order valence-electron chi connectivity index (χ4n) is 2.20. The van der Waals surface area contributed by atoms with Gasteiger partial charge in [0.15, 0.2) is 0 Å². The van der Waals surface area contributed by atoms with Gasteiger partial charge in [-0.25, -0.2) is 4.79 Å². The minimum Gasteiger partial charge on any atom is -0.352 e. The van der Waals surface area contributed by atoms with Crippen molar-refractivity contribution in [2.75, 3.05) is 0 Å². The normalized spacial score (nSPS) is 11.5. The Morgan fingerprint density at radius 1 is 1.09 bits per heavy atom. The number of hydrogen-bond donors (Lipinski definition) is 3. The second kappa shape index (κ2) is 8.33. The fraction of sp³-hybridized carbons (Fsp3) is 0.176. The van der Waals surface area contributed by atoms with Crippen LogP contribution in [-0.2, 0) is 11.3 Å². The lowest BCUT2D eigenvalue weighted by atomic mass is 10.0. The summed E-state index contributed by atoms with van der Waals surface area (Å²) in [5.41, 5.74) is 7.05.